The zero-order valence-electron chi connectivity index (χ0n) is 8.29. The third kappa shape index (κ3) is 1.53. The Balaban J connectivity index is 2.10. The molecule has 76 valence electrons. The second kappa shape index (κ2) is 3.66. The molecule has 2 rings (SSSR count). The maximum Gasteiger partial charge on any atom is 0.235 e. The van der Waals surface area contributed by atoms with Gasteiger partial charge < -0.3 is 0 Å². The smallest absolute Gasteiger partial charge is 0.235 e. The van der Waals surface area contributed by atoms with Gasteiger partial charge in [-0.3, -0.25) is 4.79 Å². The van der Waals surface area contributed by atoms with E-state index >= 15 is 0 Å². The first-order valence-corrected chi connectivity index (χ1v) is 5.37. The molecule has 0 amide bonds. The molecule has 0 aliphatic heterocycles. The van der Waals surface area contributed by atoms with Crippen LogP contribution in [0.25, 0.3) is 0 Å². The van der Waals surface area contributed by atoms with Crippen LogP contribution >= 0.6 is 0 Å². The average Bonchev–Trinajstić information content (AvgIpc) is 2.17. The van der Waals surface area contributed by atoms with E-state index in [1.807, 2.05) is 0 Å². The Bertz CT molecular complexity index is 278. The molecule has 0 aromatic heterocycles. The van der Waals surface area contributed by atoms with E-state index in [0.29, 0.717) is 18.8 Å². The molecular formula is C11H15NO2. The zero-order valence-corrected chi connectivity index (χ0v) is 8.29. The highest BCUT2D eigenvalue weighted by atomic mass is 16.1. The molecule has 0 unspecified atom stereocenters. The molecule has 3 heteroatoms. The molecule has 0 spiro atoms. The molecular weight excluding hydrogens is 178 g/mol. The Hall–Kier alpha value is -0.950. The van der Waals surface area contributed by atoms with Crippen molar-refractivity contribution >= 4 is 11.9 Å². The van der Waals surface area contributed by atoms with Crippen molar-refractivity contribution in [1.29, 1.82) is 0 Å². The van der Waals surface area contributed by atoms with Crippen LogP contribution in [0.15, 0.2) is 4.99 Å². The number of carbonyl (C=O) groups excluding carboxylic acids is 2. The van der Waals surface area contributed by atoms with Gasteiger partial charge in [0.25, 0.3) is 0 Å². The van der Waals surface area contributed by atoms with Gasteiger partial charge in [0.15, 0.2) is 0 Å². The standard InChI is InChI=1S/C11H15NO2/c13-8-12-11(6-10(14)7-11)9-4-2-1-3-5-9/h9H,1-7H2. The van der Waals surface area contributed by atoms with Gasteiger partial charge in [0.1, 0.15) is 5.78 Å². The molecule has 3 nitrogen and oxygen atoms in total. The maximum absolute atomic E-state index is 11.0. The highest BCUT2D eigenvalue weighted by molar-refractivity contribution is 5.88. The highest BCUT2D eigenvalue weighted by Gasteiger charge is 2.49. The monoisotopic (exact) mass is 193 g/mol. The lowest BCUT2D eigenvalue weighted by Gasteiger charge is -2.43. The van der Waals surface area contributed by atoms with Crippen LogP contribution in [-0.4, -0.2) is 17.4 Å². The second-order valence-electron chi connectivity index (χ2n) is 4.53. The number of rotatable bonds is 2. The van der Waals surface area contributed by atoms with Crippen LogP contribution in [0.3, 0.4) is 0 Å². The Morgan fingerprint density at radius 3 is 2.36 bits per heavy atom. The number of hydrogen-bond acceptors (Lipinski definition) is 3. The topological polar surface area (TPSA) is 46.5 Å². The van der Waals surface area contributed by atoms with Gasteiger partial charge in [0.05, 0.1) is 5.54 Å². The summed E-state index contributed by atoms with van der Waals surface area (Å²) in [7, 11) is 0. The second-order valence-corrected chi connectivity index (χ2v) is 4.53. The van der Waals surface area contributed by atoms with Crippen molar-refractivity contribution < 1.29 is 9.59 Å². The molecule has 2 aliphatic carbocycles. The summed E-state index contributed by atoms with van der Waals surface area (Å²) < 4.78 is 0. The first-order valence-electron chi connectivity index (χ1n) is 5.37. The van der Waals surface area contributed by atoms with Crippen molar-refractivity contribution in [3.8, 4) is 0 Å². The van der Waals surface area contributed by atoms with E-state index in [1.165, 1.54) is 19.3 Å². The van der Waals surface area contributed by atoms with Crippen LogP contribution in [0.1, 0.15) is 44.9 Å². The van der Waals surface area contributed by atoms with Gasteiger partial charge in [-0.15, -0.1) is 0 Å². The van der Waals surface area contributed by atoms with Crippen LogP contribution in [0.5, 0.6) is 0 Å². The minimum atomic E-state index is -0.334. The Morgan fingerprint density at radius 1 is 1.21 bits per heavy atom. The lowest BCUT2D eigenvalue weighted by molar-refractivity contribution is -0.130. The average molecular weight is 193 g/mol. The summed E-state index contributed by atoms with van der Waals surface area (Å²) in [6.45, 7) is 0. The lowest BCUT2D eigenvalue weighted by Crippen LogP contribution is -2.49. The number of ketones is 1. The largest absolute Gasteiger partial charge is 0.300 e. The molecule has 2 aliphatic rings. The number of carbonyl (C=O) groups is 1. The number of aliphatic imine (C=N–C) groups is 1. The molecule has 2 fully saturated rings. The minimum absolute atomic E-state index is 0.245. The van der Waals surface area contributed by atoms with Gasteiger partial charge in [-0.25, -0.2) is 4.79 Å². The Kier molecular flexibility index (Phi) is 2.51. The quantitative estimate of drug-likeness (QED) is 0.497. The van der Waals surface area contributed by atoms with Gasteiger partial charge in [-0.05, 0) is 18.8 Å². The predicted molar refractivity (Wildman–Crippen MR) is 51.7 cm³/mol. The predicted octanol–water partition coefficient (Wildman–Crippen LogP) is 2.00. The fourth-order valence-electron chi connectivity index (χ4n) is 2.82. The SMILES string of the molecule is O=C=NC1(C2CCCCC2)CC(=O)C1. The fraction of sp³-hybridized carbons (Fsp3) is 0.818. The zero-order chi connectivity index (χ0) is 10.0. The maximum atomic E-state index is 11.0. The van der Waals surface area contributed by atoms with E-state index in [-0.39, 0.29) is 11.3 Å². The van der Waals surface area contributed by atoms with E-state index in [4.69, 9.17) is 0 Å². The number of hydrogen-bond donors (Lipinski definition) is 0. The van der Waals surface area contributed by atoms with Crippen molar-refractivity contribution in [2.75, 3.05) is 0 Å². The van der Waals surface area contributed by atoms with E-state index in [2.05, 4.69) is 4.99 Å². The van der Waals surface area contributed by atoms with Crippen molar-refractivity contribution in [2.45, 2.75) is 50.5 Å². The summed E-state index contributed by atoms with van der Waals surface area (Å²) in [5.41, 5.74) is -0.334. The van der Waals surface area contributed by atoms with E-state index in [0.717, 1.165) is 12.8 Å². The van der Waals surface area contributed by atoms with E-state index in [9.17, 15) is 9.59 Å². The Labute approximate surface area is 83.6 Å². The van der Waals surface area contributed by atoms with Gasteiger partial charge in [-0.1, -0.05) is 19.3 Å². The highest BCUT2D eigenvalue weighted by Crippen LogP contribution is 2.45. The molecule has 0 bridgehead atoms. The first-order chi connectivity index (χ1) is 6.77. The van der Waals surface area contributed by atoms with Crippen LogP contribution in [0, 0.1) is 5.92 Å². The van der Waals surface area contributed by atoms with Gasteiger partial charge in [-0.2, -0.15) is 4.99 Å². The van der Waals surface area contributed by atoms with Crippen LogP contribution in [-0.2, 0) is 9.59 Å². The molecule has 0 saturated heterocycles. The first kappa shape index (κ1) is 9.60. The van der Waals surface area contributed by atoms with Gasteiger partial charge in [0.2, 0.25) is 6.08 Å². The molecule has 0 atom stereocenters. The van der Waals surface area contributed by atoms with Crippen LogP contribution < -0.4 is 0 Å². The third-order valence-corrected chi connectivity index (χ3v) is 3.64. The summed E-state index contributed by atoms with van der Waals surface area (Å²) >= 11 is 0. The van der Waals surface area contributed by atoms with Gasteiger partial charge in [0, 0.05) is 12.8 Å². The van der Waals surface area contributed by atoms with Crippen molar-refractivity contribution in [3.05, 3.63) is 0 Å². The normalized spacial score (nSPS) is 26.4. The molecule has 0 radical (unpaired) electrons. The van der Waals surface area contributed by atoms with Crippen LogP contribution in [0.4, 0.5) is 0 Å². The summed E-state index contributed by atoms with van der Waals surface area (Å²) in [5.74, 6) is 0.699. The molecule has 0 aromatic rings. The number of Topliss-reactive ketones (excluding diaryl/α,β-unsaturated/α-hetero) is 1. The summed E-state index contributed by atoms with van der Waals surface area (Å²) in [6.07, 6.45) is 8.57. The molecule has 2 saturated carbocycles. The molecule has 14 heavy (non-hydrogen) atoms. The third-order valence-electron chi connectivity index (χ3n) is 3.64. The Morgan fingerprint density at radius 2 is 1.86 bits per heavy atom. The molecule has 0 N–H and O–H groups in total. The summed E-state index contributed by atoms with van der Waals surface area (Å²) in [6, 6.07) is 0. The van der Waals surface area contributed by atoms with Crippen LogP contribution in [0.2, 0.25) is 0 Å². The van der Waals surface area contributed by atoms with E-state index in [1.54, 1.807) is 6.08 Å². The fourth-order valence-corrected chi connectivity index (χ4v) is 2.82. The lowest BCUT2D eigenvalue weighted by atomic mass is 9.63. The number of isocyanates is 1. The van der Waals surface area contributed by atoms with Crippen molar-refractivity contribution in [2.24, 2.45) is 10.9 Å². The van der Waals surface area contributed by atoms with Crippen molar-refractivity contribution in [3.63, 3.8) is 0 Å². The summed E-state index contributed by atoms with van der Waals surface area (Å²) in [5, 5.41) is 0. The summed E-state index contributed by atoms with van der Waals surface area (Å²) in [4.78, 5) is 25.3. The van der Waals surface area contributed by atoms with Gasteiger partial charge >= 0.3 is 0 Å². The molecule has 0 aromatic carbocycles. The molecule has 0 heterocycles. The minimum Gasteiger partial charge on any atom is -0.300 e. The number of nitrogens with zero attached hydrogens (tertiary/aromatic N) is 1. The van der Waals surface area contributed by atoms with Crippen molar-refractivity contribution in [1.82, 2.24) is 0 Å². The van der Waals surface area contributed by atoms with E-state index < -0.39 is 0 Å².